The number of ether oxygens (including phenoxy) is 1. The molecule has 0 amide bonds. The van der Waals surface area contributed by atoms with Gasteiger partial charge in [0.15, 0.2) is 0 Å². The van der Waals surface area contributed by atoms with Gasteiger partial charge in [0.05, 0.1) is 19.8 Å². The van der Waals surface area contributed by atoms with Crippen molar-refractivity contribution in [2.75, 3.05) is 19.8 Å². The molecule has 49 valence electrons. The van der Waals surface area contributed by atoms with Crippen LogP contribution in [0.3, 0.4) is 0 Å². The van der Waals surface area contributed by atoms with Gasteiger partial charge in [-0.3, -0.25) is 0 Å². The van der Waals surface area contributed by atoms with E-state index < -0.39 is 0 Å². The quantitative estimate of drug-likeness (QED) is 0.498. The van der Waals surface area contributed by atoms with Gasteiger partial charge in [0, 0.05) is 6.61 Å². The third kappa shape index (κ3) is 5.88. The van der Waals surface area contributed by atoms with Gasteiger partial charge in [-0.15, -0.1) is 0 Å². The van der Waals surface area contributed by atoms with E-state index in [0.29, 0.717) is 19.6 Å². The molecule has 3 heteroatoms. The fourth-order valence-corrected chi connectivity index (χ4v) is 0.303. The molecule has 0 aliphatic rings. The summed E-state index contributed by atoms with van der Waals surface area (Å²) in [5, 5.41) is 16.3. The molecular formula is C5H11O3. The summed E-state index contributed by atoms with van der Waals surface area (Å²) < 4.78 is 4.78. The molecule has 0 aromatic rings. The fourth-order valence-electron chi connectivity index (χ4n) is 0.303. The fraction of sp³-hybridized carbons (Fsp3) is 0.800. The summed E-state index contributed by atoms with van der Waals surface area (Å²) >= 11 is 0. The third-order valence-electron chi connectivity index (χ3n) is 0.627. The maximum absolute atomic E-state index is 8.17. The predicted molar refractivity (Wildman–Crippen MR) is 28.8 cm³/mol. The first kappa shape index (κ1) is 7.88. The van der Waals surface area contributed by atoms with Crippen LogP contribution in [-0.4, -0.2) is 30.0 Å². The summed E-state index contributed by atoms with van der Waals surface area (Å²) in [6.45, 7) is 1.92. The lowest BCUT2D eigenvalue weighted by Gasteiger charge is -1.96. The third-order valence-corrected chi connectivity index (χ3v) is 0.627. The first-order valence-electron chi connectivity index (χ1n) is 2.56. The Morgan fingerprint density at radius 2 is 2.12 bits per heavy atom. The number of rotatable bonds is 5. The molecule has 0 fully saturated rings. The van der Waals surface area contributed by atoms with Crippen LogP contribution in [0.15, 0.2) is 0 Å². The predicted octanol–water partition coefficient (Wildman–Crippen LogP) is -0.0803. The molecule has 0 rings (SSSR count). The van der Waals surface area contributed by atoms with Gasteiger partial charge in [0.1, 0.15) is 0 Å². The van der Waals surface area contributed by atoms with Crippen molar-refractivity contribution in [3.05, 3.63) is 6.61 Å². The van der Waals surface area contributed by atoms with Crippen molar-refractivity contribution in [2.24, 2.45) is 0 Å². The van der Waals surface area contributed by atoms with Crippen molar-refractivity contribution in [1.29, 1.82) is 0 Å². The zero-order valence-electron chi connectivity index (χ0n) is 4.71. The molecule has 0 aromatic heterocycles. The summed E-state index contributed by atoms with van der Waals surface area (Å²) in [6.07, 6.45) is 0.528. The van der Waals surface area contributed by atoms with Gasteiger partial charge in [-0.25, -0.2) is 0 Å². The van der Waals surface area contributed by atoms with Crippen LogP contribution in [0.4, 0.5) is 0 Å². The summed E-state index contributed by atoms with van der Waals surface area (Å²) in [5.41, 5.74) is 0. The molecule has 0 heterocycles. The van der Waals surface area contributed by atoms with E-state index in [1.807, 2.05) is 0 Å². The van der Waals surface area contributed by atoms with Gasteiger partial charge >= 0.3 is 0 Å². The van der Waals surface area contributed by atoms with E-state index >= 15 is 0 Å². The van der Waals surface area contributed by atoms with E-state index in [0.717, 1.165) is 6.61 Å². The minimum absolute atomic E-state index is 0.0471. The Balaban J connectivity index is 2.53. The van der Waals surface area contributed by atoms with Crippen molar-refractivity contribution in [3.8, 4) is 0 Å². The molecule has 0 aliphatic heterocycles. The van der Waals surface area contributed by atoms with Crippen LogP contribution in [0, 0.1) is 6.61 Å². The smallest absolute Gasteiger partial charge is 0.0821 e. The number of hydrogen-bond donors (Lipinski definition) is 2. The van der Waals surface area contributed by atoms with Gasteiger partial charge in [0.2, 0.25) is 0 Å². The highest BCUT2D eigenvalue weighted by Gasteiger charge is 1.83. The van der Waals surface area contributed by atoms with E-state index in [4.69, 9.17) is 14.9 Å². The highest BCUT2D eigenvalue weighted by molar-refractivity contribution is 4.43. The van der Waals surface area contributed by atoms with Crippen LogP contribution in [0.25, 0.3) is 0 Å². The molecule has 0 atom stereocenters. The first-order valence-corrected chi connectivity index (χ1v) is 2.56. The molecule has 3 nitrogen and oxygen atoms in total. The lowest BCUT2D eigenvalue weighted by Crippen LogP contribution is -2.00. The van der Waals surface area contributed by atoms with Crippen LogP contribution in [0.5, 0.6) is 0 Å². The molecule has 2 N–H and O–H groups in total. The maximum Gasteiger partial charge on any atom is 0.0821 e. The lowest BCUT2D eigenvalue weighted by atomic mass is 10.5. The zero-order chi connectivity index (χ0) is 6.24. The largest absolute Gasteiger partial charge is 0.394 e. The van der Waals surface area contributed by atoms with Crippen molar-refractivity contribution >= 4 is 0 Å². The Morgan fingerprint density at radius 3 is 2.62 bits per heavy atom. The zero-order valence-corrected chi connectivity index (χ0v) is 4.71. The van der Waals surface area contributed by atoms with Crippen LogP contribution in [-0.2, 0) is 4.74 Å². The minimum Gasteiger partial charge on any atom is -0.394 e. The van der Waals surface area contributed by atoms with E-state index in [-0.39, 0.29) is 6.61 Å². The Morgan fingerprint density at radius 1 is 1.38 bits per heavy atom. The van der Waals surface area contributed by atoms with Crippen molar-refractivity contribution in [2.45, 2.75) is 6.42 Å². The van der Waals surface area contributed by atoms with Crippen molar-refractivity contribution < 1.29 is 14.9 Å². The highest BCUT2D eigenvalue weighted by Crippen LogP contribution is 1.82. The molecule has 0 aromatic carbocycles. The number of aliphatic hydroxyl groups excluding tert-OH is 2. The number of hydrogen-bond acceptors (Lipinski definition) is 3. The average Bonchev–Trinajstić information content (AvgIpc) is 1.81. The van der Waals surface area contributed by atoms with E-state index in [2.05, 4.69) is 0 Å². The molecule has 0 aliphatic carbocycles. The Hall–Kier alpha value is -0.120. The maximum atomic E-state index is 8.17. The average molecular weight is 119 g/mol. The second kappa shape index (κ2) is 6.88. The van der Waals surface area contributed by atoms with E-state index in [1.54, 1.807) is 0 Å². The monoisotopic (exact) mass is 119 g/mol. The van der Waals surface area contributed by atoms with E-state index in [9.17, 15) is 0 Å². The van der Waals surface area contributed by atoms with Crippen molar-refractivity contribution in [3.63, 3.8) is 0 Å². The highest BCUT2D eigenvalue weighted by atomic mass is 16.5. The first-order chi connectivity index (χ1) is 3.91. The summed E-state index contributed by atoms with van der Waals surface area (Å²) in [5.74, 6) is 0. The van der Waals surface area contributed by atoms with Gasteiger partial charge in [0.25, 0.3) is 0 Å². The van der Waals surface area contributed by atoms with Crippen LogP contribution < -0.4 is 0 Å². The van der Waals surface area contributed by atoms with Crippen LogP contribution in [0.1, 0.15) is 6.42 Å². The van der Waals surface area contributed by atoms with Crippen molar-refractivity contribution in [1.82, 2.24) is 0 Å². The lowest BCUT2D eigenvalue weighted by molar-refractivity contribution is 0.0887. The Labute approximate surface area is 48.9 Å². The molecule has 8 heavy (non-hydrogen) atoms. The normalized spacial score (nSPS) is 9.75. The Bertz CT molecular complexity index is 32.7. The van der Waals surface area contributed by atoms with Gasteiger partial charge < -0.3 is 14.9 Å². The molecule has 1 radical (unpaired) electrons. The topological polar surface area (TPSA) is 49.7 Å². The Kier molecular flexibility index (Phi) is 6.78. The molecule has 0 spiro atoms. The summed E-state index contributed by atoms with van der Waals surface area (Å²) in [6, 6.07) is 0. The second-order valence-electron chi connectivity index (χ2n) is 1.31. The SMILES string of the molecule is O[CH]CCOCCO. The second-order valence-corrected chi connectivity index (χ2v) is 1.31. The molecular weight excluding hydrogens is 108 g/mol. The van der Waals surface area contributed by atoms with Gasteiger partial charge in [-0.2, -0.15) is 0 Å². The summed E-state index contributed by atoms with van der Waals surface area (Å²) in [7, 11) is 0. The van der Waals surface area contributed by atoms with Gasteiger partial charge in [-0.05, 0) is 6.42 Å². The van der Waals surface area contributed by atoms with Crippen LogP contribution >= 0.6 is 0 Å². The summed E-state index contributed by atoms with van der Waals surface area (Å²) in [4.78, 5) is 0. The van der Waals surface area contributed by atoms with Gasteiger partial charge in [-0.1, -0.05) is 0 Å². The van der Waals surface area contributed by atoms with E-state index in [1.165, 1.54) is 0 Å². The standard InChI is InChI=1S/C5H11O3/c6-2-1-4-8-5-3-7/h2,6-7H,1,3-5H2. The molecule has 0 unspecified atom stereocenters. The molecule has 0 saturated heterocycles. The molecule has 0 bridgehead atoms. The van der Waals surface area contributed by atoms with Crippen LogP contribution in [0.2, 0.25) is 0 Å². The number of aliphatic hydroxyl groups is 2. The molecule has 0 saturated carbocycles. The minimum atomic E-state index is 0.0471.